The van der Waals surface area contributed by atoms with Gasteiger partial charge >= 0.3 is 0 Å². The van der Waals surface area contributed by atoms with E-state index in [9.17, 15) is 9.50 Å². The van der Waals surface area contributed by atoms with Gasteiger partial charge < -0.3 is 9.84 Å². The minimum absolute atomic E-state index is 0.199. The van der Waals surface area contributed by atoms with Crippen LogP contribution in [0, 0.1) is 5.82 Å². The smallest absolute Gasteiger partial charge is 0.168 e. The molecule has 0 saturated heterocycles. The van der Waals surface area contributed by atoms with Crippen molar-refractivity contribution in [3.8, 4) is 5.75 Å². The molecule has 18 heavy (non-hydrogen) atoms. The Bertz CT molecular complexity index is 542. The first-order chi connectivity index (χ1) is 8.63. The van der Waals surface area contributed by atoms with Crippen molar-refractivity contribution in [3.63, 3.8) is 0 Å². The molecular weight excluding hydrogens is 319 g/mol. The molecule has 0 bridgehead atoms. The maximum Gasteiger partial charge on any atom is 0.168 e. The molecule has 0 aliphatic rings. The number of methoxy groups -OCH3 is 1. The average Bonchev–Trinajstić information content (AvgIpc) is 2.78. The number of benzene rings is 1. The molecular formula is C13H12BrFO2S. The summed E-state index contributed by atoms with van der Waals surface area (Å²) in [5.74, 6) is -0.211. The van der Waals surface area contributed by atoms with Gasteiger partial charge in [0.1, 0.15) is 0 Å². The first-order valence-corrected chi connectivity index (χ1v) is 7.03. The van der Waals surface area contributed by atoms with Gasteiger partial charge in [-0.25, -0.2) is 4.39 Å². The van der Waals surface area contributed by atoms with E-state index in [0.717, 1.165) is 9.35 Å². The molecule has 5 heteroatoms. The maximum absolute atomic E-state index is 13.9. The van der Waals surface area contributed by atoms with Crippen molar-refractivity contribution in [1.29, 1.82) is 0 Å². The summed E-state index contributed by atoms with van der Waals surface area (Å²) >= 11 is 4.80. The van der Waals surface area contributed by atoms with E-state index in [1.165, 1.54) is 18.4 Å². The predicted molar refractivity (Wildman–Crippen MR) is 73.6 cm³/mol. The Labute approximate surface area is 117 Å². The van der Waals surface area contributed by atoms with E-state index in [2.05, 4.69) is 15.9 Å². The van der Waals surface area contributed by atoms with Crippen LogP contribution >= 0.6 is 27.3 Å². The highest BCUT2D eigenvalue weighted by Crippen LogP contribution is 2.32. The topological polar surface area (TPSA) is 29.5 Å². The van der Waals surface area contributed by atoms with Gasteiger partial charge in [-0.2, -0.15) is 0 Å². The van der Waals surface area contributed by atoms with E-state index in [0.29, 0.717) is 5.56 Å². The van der Waals surface area contributed by atoms with E-state index in [1.54, 1.807) is 18.2 Å². The molecule has 1 N–H and O–H groups in total. The molecule has 1 aromatic carbocycles. The SMILES string of the molecule is COc1cccc(CC(O)c2sccc2Br)c1F. The highest BCUT2D eigenvalue weighted by atomic mass is 79.9. The van der Waals surface area contributed by atoms with Gasteiger partial charge in [0.05, 0.1) is 13.2 Å². The lowest BCUT2D eigenvalue weighted by Crippen LogP contribution is -2.03. The van der Waals surface area contributed by atoms with Crippen LogP contribution in [0.15, 0.2) is 34.1 Å². The zero-order chi connectivity index (χ0) is 13.1. The van der Waals surface area contributed by atoms with Crippen molar-refractivity contribution >= 4 is 27.3 Å². The molecule has 0 aliphatic heterocycles. The minimum Gasteiger partial charge on any atom is -0.494 e. The molecule has 2 nitrogen and oxygen atoms in total. The number of halogens is 2. The Morgan fingerprint density at radius 1 is 1.44 bits per heavy atom. The van der Waals surface area contributed by atoms with Crippen LogP contribution < -0.4 is 4.74 Å². The van der Waals surface area contributed by atoms with Gasteiger partial charge in [-0.3, -0.25) is 0 Å². The van der Waals surface area contributed by atoms with Crippen molar-refractivity contribution in [3.05, 3.63) is 50.4 Å². The van der Waals surface area contributed by atoms with Crippen LogP contribution in [0.25, 0.3) is 0 Å². The lowest BCUT2D eigenvalue weighted by atomic mass is 10.1. The molecule has 2 rings (SSSR count). The second-order valence-corrected chi connectivity index (χ2v) is 5.59. The number of hydrogen-bond acceptors (Lipinski definition) is 3. The van der Waals surface area contributed by atoms with Crippen LogP contribution in [0.3, 0.4) is 0 Å². The fraction of sp³-hybridized carbons (Fsp3) is 0.231. The Morgan fingerprint density at radius 2 is 2.22 bits per heavy atom. The fourth-order valence-electron chi connectivity index (χ4n) is 1.72. The highest BCUT2D eigenvalue weighted by molar-refractivity contribution is 9.10. The highest BCUT2D eigenvalue weighted by Gasteiger charge is 2.17. The van der Waals surface area contributed by atoms with Crippen molar-refractivity contribution in [2.45, 2.75) is 12.5 Å². The molecule has 0 aliphatic carbocycles. The summed E-state index contributed by atoms with van der Waals surface area (Å²) < 4.78 is 19.7. The van der Waals surface area contributed by atoms with Crippen LogP contribution in [-0.2, 0) is 6.42 Å². The van der Waals surface area contributed by atoms with Gasteiger partial charge in [-0.05, 0) is 39.0 Å². The molecule has 1 unspecified atom stereocenters. The molecule has 0 radical (unpaired) electrons. The zero-order valence-electron chi connectivity index (χ0n) is 9.69. The van der Waals surface area contributed by atoms with E-state index in [-0.39, 0.29) is 12.2 Å². The van der Waals surface area contributed by atoms with Crippen molar-refractivity contribution in [2.24, 2.45) is 0 Å². The molecule has 2 aromatic rings. The number of hydrogen-bond donors (Lipinski definition) is 1. The summed E-state index contributed by atoms with van der Waals surface area (Å²) in [4.78, 5) is 0.803. The Morgan fingerprint density at radius 3 is 2.83 bits per heavy atom. The summed E-state index contributed by atoms with van der Waals surface area (Å²) in [7, 11) is 1.43. The second kappa shape index (κ2) is 5.82. The quantitative estimate of drug-likeness (QED) is 0.920. The van der Waals surface area contributed by atoms with Crippen molar-refractivity contribution < 1.29 is 14.2 Å². The Kier molecular flexibility index (Phi) is 4.37. The molecule has 1 aromatic heterocycles. The third-order valence-electron chi connectivity index (χ3n) is 2.62. The Hall–Kier alpha value is -0.910. The first-order valence-electron chi connectivity index (χ1n) is 5.35. The molecule has 0 amide bonds. The maximum atomic E-state index is 13.9. The number of thiophene rings is 1. The summed E-state index contributed by atoms with van der Waals surface area (Å²) in [6.07, 6.45) is -0.497. The van der Waals surface area contributed by atoms with E-state index >= 15 is 0 Å². The van der Waals surface area contributed by atoms with Crippen molar-refractivity contribution in [2.75, 3.05) is 7.11 Å². The van der Waals surface area contributed by atoms with Gasteiger partial charge in [-0.15, -0.1) is 11.3 Å². The molecule has 0 fully saturated rings. The summed E-state index contributed by atoms with van der Waals surface area (Å²) in [6.45, 7) is 0. The summed E-state index contributed by atoms with van der Waals surface area (Å²) in [6, 6.07) is 6.80. The standard InChI is InChI=1S/C13H12BrFO2S/c1-17-11-4-2-3-8(12(11)15)7-10(16)13-9(14)5-6-18-13/h2-6,10,16H,7H2,1H3. The number of rotatable bonds is 4. The lowest BCUT2D eigenvalue weighted by molar-refractivity contribution is 0.180. The average molecular weight is 331 g/mol. The van der Waals surface area contributed by atoms with Crippen LogP contribution in [-0.4, -0.2) is 12.2 Å². The largest absolute Gasteiger partial charge is 0.494 e. The number of aliphatic hydroxyl groups is 1. The van der Waals surface area contributed by atoms with Gasteiger partial charge in [0.15, 0.2) is 11.6 Å². The number of ether oxygens (including phenoxy) is 1. The minimum atomic E-state index is -0.721. The fourth-order valence-corrected chi connectivity index (χ4v) is 3.34. The van der Waals surface area contributed by atoms with Gasteiger partial charge in [0, 0.05) is 15.8 Å². The zero-order valence-corrected chi connectivity index (χ0v) is 12.1. The third kappa shape index (κ3) is 2.74. The van der Waals surface area contributed by atoms with Gasteiger partial charge in [0.2, 0.25) is 0 Å². The Balaban J connectivity index is 2.22. The van der Waals surface area contributed by atoms with Gasteiger partial charge in [0.25, 0.3) is 0 Å². The van der Waals surface area contributed by atoms with Crippen LogP contribution in [0.1, 0.15) is 16.5 Å². The van der Waals surface area contributed by atoms with Crippen molar-refractivity contribution in [1.82, 2.24) is 0 Å². The molecule has 0 saturated carbocycles. The van der Waals surface area contributed by atoms with E-state index in [1.807, 2.05) is 11.4 Å². The molecule has 1 atom stereocenters. The number of aliphatic hydroxyl groups excluding tert-OH is 1. The monoisotopic (exact) mass is 330 g/mol. The second-order valence-electron chi connectivity index (χ2n) is 3.79. The molecule has 1 heterocycles. The summed E-state index contributed by atoms with van der Waals surface area (Å²) in [5, 5.41) is 12.0. The predicted octanol–water partition coefficient (Wildman–Crippen LogP) is 3.93. The normalized spacial score (nSPS) is 12.4. The van der Waals surface area contributed by atoms with Crippen LogP contribution in [0.5, 0.6) is 5.75 Å². The first kappa shape index (κ1) is 13.5. The van der Waals surface area contributed by atoms with E-state index in [4.69, 9.17) is 4.74 Å². The van der Waals surface area contributed by atoms with Crippen LogP contribution in [0.2, 0.25) is 0 Å². The van der Waals surface area contributed by atoms with Crippen LogP contribution in [0.4, 0.5) is 4.39 Å². The van der Waals surface area contributed by atoms with E-state index < -0.39 is 11.9 Å². The third-order valence-corrected chi connectivity index (χ3v) is 4.60. The molecule has 0 spiro atoms. The van der Waals surface area contributed by atoms with Gasteiger partial charge in [-0.1, -0.05) is 12.1 Å². The summed E-state index contributed by atoms with van der Waals surface area (Å²) in [5.41, 5.74) is 0.446. The molecule has 96 valence electrons. The lowest BCUT2D eigenvalue weighted by Gasteiger charge is -2.12.